The number of oxime groups is 1. The number of nitrogens with zero attached hydrogens (tertiary/aromatic N) is 2. The molecule has 12 nitrogen and oxygen atoms in total. The Kier molecular flexibility index (Phi) is 12.3. The van der Waals surface area contributed by atoms with Gasteiger partial charge in [0.2, 0.25) is 6.61 Å². The van der Waals surface area contributed by atoms with Crippen LogP contribution < -0.4 is 10.5 Å². The largest absolute Gasteiger partial charge is 0.478 e. The van der Waals surface area contributed by atoms with Gasteiger partial charge in [0.05, 0.1) is 22.2 Å². The molecule has 2 aliphatic carbocycles. The number of fused-ring (bicyclic) bond motifs is 1. The number of carboxylic acid groups (broad SMARTS) is 1. The first-order valence-corrected chi connectivity index (χ1v) is 18.5. The lowest BCUT2D eigenvalue weighted by Crippen LogP contribution is -2.49. The molecule has 4 N–H and O–H groups in total. The van der Waals surface area contributed by atoms with Gasteiger partial charge in [-0.05, 0) is 77.0 Å². The van der Waals surface area contributed by atoms with E-state index in [9.17, 15) is 29.1 Å². The first-order valence-electron chi connectivity index (χ1n) is 15.9. The van der Waals surface area contributed by atoms with Crippen LogP contribution in [0.25, 0.3) is 0 Å². The highest BCUT2D eigenvalue weighted by Crippen LogP contribution is 2.57. The molecule has 2 saturated carbocycles. The molecular formula is C32H46N4O8S3. The van der Waals surface area contributed by atoms with Crippen LogP contribution in [0.2, 0.25) is 0 Å². The van der Waals surface area contributed by atoms with Gasteiger partial charge in [-0.3, -0.25) is 19.1 Å². The summed E-state index contributed by atoms with van der Waals surface area (Å²) in [5, 5.41) is 14.3. The van der Waals surface area contributed by atoms with Crippen LogP contribution in [0.3, 0.4) is 0 Å². The van der Waals surface area contributed by atoms with Crippen molar-refractivity contribution in [2.75, 3.05) is 37.6 Å². The summed E-state index contributed by atoms with van der Waals surface area (Å²) in [4.78, 5) is 71.3. The van der Waals surface area contributed by atoms with Gasteiger partial charge in [-0.1, -0.05) is 24.0 Å². The van der Waals surface area contributed by atoms with Crippen LogP contribution in [-0.2, 0) is 33.5 Å². The van der Waals surface area contributed by atoms with E-state index in [0.29, 0.717) is 42.2 Å². The number of carbonyl (C=O) groups is 5. The standard InChI is InChI=1S/C32H46N4O8S3/c1-17-22(28(39)25(17)26(30(41)42)19(14-45)10-18-8-9-36(29(18)40)16-47-34-5)6-7-23(37)27(20-11-21-12-32(21,33)46-15-20)35-43-13-24(38)44-31(2,3)4/h10,17,20-22,25,34,45H,6-9,11-16,33H2,1-5H3,(H,41,42)/b18-10+,26-19+,35-27-. The van der Waals surface area contributed by atoms with Crippen molar-refractivity contribution in [1.29, 1.82) is 0 Å². The molecule has 260 valence electrons. The number of thiol groups is 1. The molecule has 0 aromatic carbocycles. The zero-order chi connectivity index (χ0) is 34.7. The number of nitrogens with two attached hydrogens (primary N) is 1. The quantitative estimate of drug-likeness (QED) is 0.0488. The fourth-order valence-electron chi connectivity index (χ4n) is 6.57. The molecule has 4 aliphatic rings. The van der Waals surface area contributed by atoms with Crippen LogP contribution >= 0.6 is 36.3 Å². The van der Waals surface area contributed by atoms with E-state index in [-0.39, 0.29) is 70.0 Å². The summed E-state index contributed by atoms with van der Waals surface area (Å²) < 4.78 is 8.20. The summed E-state index contributed by atoms with van der Waals surface area (Å²) in [5.74, 6) is -3.04. The molecule has 2 heterocycles. The van der Waals surface area contributed by atoms with E-state index in [0.717, 1.165) is 6.42 Å². The van der Waals surface area contributed by atoms with Crippen LogP contribution in [-0.4, -0.2) is 93.2 Å². The zero-order valence-corrected chi connectivity index (χ0v) is 30.1. The monoisotopic (exact) mass is 710 g/mol. The highest BCUT2D eigenvalue weighted by molar-refractivity contribution is 8.01. The second kappa shape index (κ2) is 15.5. The predicted molar refractivity (Wildman–Crippen MR) is 185 cm³/mol. The van der Waals surface area contributed by atoms with Gasteiger partial charge in [0.1, 0.15) is 17.1 Å². The maximum absolute atomic E-state index is 13.6. The third kappa shape index (κ3) is 9.02. The molecule has 2 aliphatic heterocycles. The number of hydrogen-bond acceptors (Lipinski definition) is 13. The summed E-state index contributed by atoms with van der Waals surface area (Å²) in [5.41, 5.74) is 6.66. The van der Waals surface area contributed by atoms with E-state index in [2.05, 4.69) is 22.5 Å². The average Bonchev–Trinajstić information content (AvgIpc) is 3.56. The van der Waals surface area contributed by atoms with Gasteiger partial charge < -0.3 is 25.3 Å². The topological polar surface area (TPSA) is 178 Å². The highest BCUT2D eigenvalue weighted by atomic mass is 32.2. The minimum Gasteiger partial charge on any atom is -0.478 e. The number of likely N-dealkylation sites (tertiary alicyclic amines) is 1. The van der Waals surface area contributed by atoms with Gasteiger partial charge in [0.15, 0.2) is 5.78 Å². The van der Waals surface area contributed by atoms with Crippen LogP contribution in [0.15, 0.2) is 28.0 Å². The lowest BCUT2D eigenvalue weighted by molar-refractivity contribution is -0.160. The number of ether oxygens (including phenoxy) is 1. The Bertz CT molecular complexity index is 1380. The number of hydrogen-bond donors (Lipinski definition) is 4. The average molecular weight is 711 g/mol. The number of rotatable bonds is 15. The van der Waals surface area contributed by atoms with Crippen molar-refractivity contribution in [3.05, 3.63) is 22.8 Å². The van der Waals surface area contributed by atoms with Gasteiger partial charge in [-0.2, -0.15) is 12.6 Å². The third-order valence-electron chi connectivity index (χ3n) is 9.16. The minimum atomic E-state index is -1.22. The molecular weight excluding hydrogens is 665 g/mol. The fourth-order valence-corrected chi connectivity index (χ4v) is 8.81. The Morgan fingerprint density at radius 1 is 1.30 bits per heavy atom. The summed E-state index contributed by atoms with van der Waals surface area (Å²) in [7, 11) is 1.77. The molecule has 0 spiro atoms. The van der Waals surface area contributed by atoms with Crippen LogP contribution in [0.5, 0.6) is 0 Å². The molecule has 0 radical (unpaired) electrons. The van der Waals surface area contributed by atoms with Crippen LogP contribution in [0, 0.1) is 29.6 Å². The normalized spacial score (nSPS) is 30.4. The second-order valence-electron chi connectivity index (χ2n) is 13.6. The molecule has 2 saturated heterocycles. The van der Waals surface area contributed by atoms with Gasteiger partial charge in [-0.15, -0.1) is 11.8 Å². The number of carbonyl (C=O) groups excluding carboxylic acids is 4. The number of amides is 1. The number of ketones is 2. The molecule has 0 aromatic rings. The summed E-state index contributed by atoms with van der Waals surface area (Å²) in [6.07, 6.45) is 3.86. The Morgan fingerprint density at radius 2 is 2.02 bits per heavy atom. The van der Waals surface area contributed by atoms with E-state index in [1.807, 2.05) is 6.92 Å². The van der Waals surface area contributed by atoms with E-state index in [1.54, 1.807) is 50.6 Å². The van der Waals surface area contributed by atoms with Gasteiger partial charge in [0.25, 0.3) is 5.91 Å². The number of Topliss-reactive ketones (excluding diaryl/α,β-unsaturated/α-hetero) is 2. The second-order valence-corrected chi connectivity index (χ2v) is 16.3. The van der Waals surface area contributed by atoms with Crippen molar-refractivity contribution in [1.82, 2.24) is 9.62 Å². The van der Waals surface area contributed by atoms with Crippen molar-refractivity contribution in [3.8, 4) is 0 Å². The van der Waals surface area contributed by atoms with Crippen molar-refractivity contribution in [2.45, 2.75) is 70.3 Å². The number of thioether (sulfide) groups is 1. The van der Waals surface area contributed by atoms with E-state index in [4.69, 9.17) is 15.3 Å². The highest BCUT2D eigenvalue weighted by Gasteiger charge is 2.56. The number of esters is 1. The molecule has 0 bridgehead atoms. The Hall–Kier alpha value is -2.33. The summed E-state index contributed by atoms with van der Waals surface area (Å²) >= 11 is 7.36. The maximum atomic E-state index is 13.6. The Balaban J connectivity index is 1.44. The minimum absolute atomic E-state index is 0.0201. The molecule has 6 atom stereocenters. The van der Waals surface area contributed by atoms with E-state index < -0.39 is 36.0 Å². The number of aliphatic carboxylic acids is 1. The fraction of sp³-hybridized carbons (Fsp3) is 0.688. The molecule has 1 amide bonds. The van der Waals surface area contributed by atoms with Crippen molar-refractivity contribution < 1.29 is 38.7 Å². The van der Waals surface area contributed by atoms with Crippen molar-refractivity contribution in [2.24, 2.45) is 40.5 Å². The number of carboxylic acids is 1. The smallest absolute Gasteiger partial charge is 0.347 e. The van der Waals surface area contributed by atoms with Gasteiger partial charge >= 0.3 is 11.9 Å². The lowest BCUT2D eigenvalue weighted by atomic mass is 9.59. The molecule has 4 rings (SSSR count). The van der Waals surface area contributed by atoms with Crippen molar-refractivity contribution >= 4 is 71.5 Å². The lowest BCUT2D eigenvalue weighted by Gasteiger charge is -2.42. The first kappa shape index (κ1) is 37.5. The van der Waals surface area contributed by atoms with E-state index >= 15 is 0 Å². The van der Waals surface area contributed by atoms with Gasteiger partial charge in [-0.25, -0.2) is 9.59 Å². The van der Waals surface area contributed by atoms with Crippen LogP contribution in [0.4, 0.5) is 0 Å². The molecule has 4 fully saturated rings. The zero-order valence-electron chi connectivity index (χ0n) is 27.6. The molecule has 47 heavy (non-hydrogen) atoms. The molecule has 15 heteroatoms. The Labute approximate surface area is 290 Å². The molecule has 6 unspecified atom stereocenters. The first-order chi connectivity index (χ1) is 22.1. The van der Waals surface area contributed by atoms with Crippen molar-refractivity contribution in [3.63, 3.8) is 0 Å². The van der Waals surface area contributed by atoms with Crippen LogP contribution in [0.1, 0.15) is 59.8 Å². The molecule has 0 aromatic heterocycles. The number of allylic oxidation sites excluding steroid dienone is 1. The van der Waals surface area contributed by atoms with E-state index in [1.165, 1.54) is 11.9 Å². The SMILES string of the molecule is CNSCN1CC/C(=C\C(CS)=C(/C(=O)O)C2C(=O)C(CCC(=O)/C(=N\OCC(=O)OC(C)(C)C)C3CSC4(N)CC4C3)C2C)C1=O. The summed E-state index contributed by atoms with van der Waals surface area (Å²) in [6.45, 7) is 7.13. The third-order valence-corrected chi connectivity index (χ3v) is 11.8. The summed E-state index contributed by atoms with van der Waals surface area (Å²) in [6, 6.07) is 0. The number of nitrogens with one attached hydrogen (secondary N) is 1. The maximum Gasteiger partial charge on any atom is 0.347 e. The predicted octanol–water partition coefficient (Wildman–Crippen LogP) is 3.22. The van der Waals surface area contributed by atoms with Gasteiger partial charge in [0, 0.05) is 41.9 Å². The Morgan fingerprint density at radius 3 is 2.62 bits per heavy atom.